The fourth-order valence-electron chi connectivity index (χ4n) is 1.78. The predicted molar refractivity (Wildman–Crippen MR) is 80.1 cm³/mol. The second-order valence-electron chi connectivity index (χ2n) is 4.43. The molecule has 3 aromatic rings. The number of hydrogen-bond acceptors (Lipinski definition) is 7. The van der Waals surface area contributed by atoms with E-state index >= 15 is 0 Å². The number of anilines is 3. The maximum atomic E-state index is 11.6. The average molecular weight is 299 g/mol. The highest BCUT2D eigenvalue weighted by Crippen LogP contribution is 2.16. The minimum Gasteiger partial charge on any atom is -0.508 e. The van der Waals surface area contributed by atoms with Crippen molar-refractivity contribution < 1.29 is 9.52 Å². The Bertz CT molecular complexity index is 796. The number of phenols is 1. The average Bonchev–Trinajstić information content (AvgIpc) is 3.00. The third kappa shape index (κ3) is 3.42. The maximum Gasteiger partial charge on any atom is 0.351 e. The van der Waals surface area contributed by atoms with Gasteiger partial charge in [-0.2, -0.15) is 9.97 Å². The summed E-state index contributed by atoms with van der Waals surface area (Å²) in [5.41, 5.74) is 0.141. The van der Waals surface area contributed by atoms with Gasteiger partial charge in [-0.3, -0.25) is 4.98 Å². The van der Waals surface area contributed by atoms with E-state index in [2.05, 4.69) is 25.6 Å². The number of nitrogens with one attached hydrogen (secondary N) is 3. The number of nitrogens with zero attached hydrogens (tertiary/aromatic N) is 2. The monoisotopic (exact) mass is 299 g/mol. The zero-order valence-electron chi connectivity index (χ0n) is 11.4. The lowest BCUT2D eigenvalue weighted by atomic mass is 10.3. The second-order valence-corrected chi connectivity index (χ2v) is 4.43. The highest BCUT2D eigenvalue weighted by Gasteiger charge is 2.04. The van der Waals surface area contributed by atoms with E-state index in [1.807, 2.05) is 0 Å². The van der Waals surface area contributed by atoms with Crippen LogP contribution in [0, 0.1) is 0 Å². The Balaban J connectivity index is 1.74. The summed E-state index contributed by atoms with van der Waals surface area (Å²) in [4.78, 5) is 21.9. The second kappa shape index (κ2) is 6.00. The van der Waals surface area contributed by atoms with Crippen LogP contribution >= 0.6 is 0 Å². The maximum absolute atomic E-state index is 11.6. The lowest BCUT2D eigenvalue weighted by Gasteiger charge is -2.07. The number of furan rings is 1. The first-order valence-corrected chi connectivity index (χ1v) is 6.50. The van der Waals surface area contributed by atoms with Crippen LogP contribution < -0.4 is 16.3 Å². The molecule has 0 saturated carbocycles. The Hall–Kier alpha value is -3.29. The van der Waals surface area contributed by atoms with E-state index in [0.29, 0.717) is 18.0 Å². The van der Waals surface area contributed by atoms with Crippen molar-refractivity contribution in [1.29, 1.82) is 0 Å². The normalized spacial score (nSPS) is 10.4. The Morgan fingerprint density at radius 1 is 1.18 bits per heavy atom. The van der Waals surface area contributed by atoms with Crippen molar-refractivity contribution in [3.8, 4) is 5.75 Å². The summed E-state index contributed by atoms with van der Waals surface area (Å²) in [5.74, 6) is 1.29. The highest BCUT2D eigenvalue weighted by atomic mass is 16.3. The van der Waals surface area contributed by atoms with Crippen LogP contribution in [0.5, 0.6) is 5.75 Å². The van der Waals surface area contributed by atoms with Crippen molar-refractivity contribution in [3.63, 3.8) is 0 Å². The zero-order valence-corrected chi connectivity index (χ0v) is 11.4. The van der Waals surface area contributed by atoms with Crippen LogP contribution in [-0.2, 0) is 6.54 Å². The molecule has 112 valence electrons. The van der Waals surface area contributed by atoms with Crippen LogP contribution in [0.1, 0.15) is 5.76 Å². The fourth-order valence-corrected chi connectivity index (χ4v) is 1.78. The SMILES string of the molecule is O=c1nc(NCc2ccco2)nc(Nc2ccc(O)cc2)[nH]1. The molecule has 0 amide bonds. The first kappa shape index (κ1) is 13.7. The summed E-state index contributed by atoms with van der Waals surface area (Å²) >= 11 is 0. The Kier molecular flexibility index (Phi) is 3.73. The molecule has 0 radical (unpaired) electrons. The van der Waals surface area contributed by atoms with Crippen LogP contribution in [0.2, 0.25) is 0 Å². The van der Waals surface area contributed by atoms with Crippen LogP contribution in [-0.4, -0.2) is 20.1 Å². The lowest BCUT2D eigenvalue weighted by molar-refractivity contribution is 0.475. The Morgan fingerprint density at radius 3 is 2.73 bits per heavy atom. The smallest absolute Gasteiger partial charge is 0.351 e. The molecular formula is C14H13N5O3. The van der Waals surface area contributed by atoms with Gasteiger partial charge in [-0.15, -0.1) is 0 Å². The summed E-state index contributed by atoms with van der Waals surface area (Å²) in [5, 5.41) is 15.1. The van der Waals surface area contributed by atoms with Gasteiger partial charge < -0.3 is 20.2 Å². The summed E-state index contributed by atoms with van der Waals surface area (Å²) in [7, 11) is 0. The van der Waals surface area contributed by atoms with Crippen LogP contribution in [0.3, 0.4) is 0 Å². The van der Waals surface area contributed by atoms with E-state index in [0.717, 1.165) is 0 Å². The van der Waals surface area contributed by atoms with Gasteiger partial charge in [0.05, 0.1) is 12.8 Å². The molecule has 0 fully saturated rings. The molecule has 0 spiro atoms. The number of aromatic amines is 1. The van der Waals surface area contributed by atoms with E-state index in [4.69, 9.17) is 4.42 Å². The number of phenolic OH excluding ortho intramolecular Hbond substituents is 1. The highest BCUT2D eigenvalue weighted by molar-refractivity contribution is 5.54. The van der Waals surface area contributed by atoms with Crippen molar-refractivity contribution in [3.05, 3.63) is 58.9 Å². The van der Waals surface area contributed by atoms with Crippen molar-refractivity contribution in [2.45, 2.75) is 6.54 Å². The first-order chi connectivity index (χ1) is 10.7. The molecule has 1 aromatic carbocycles. The molecule has 0 aliphatic carbocycles. The van der Waals surface area contributed by atoms with Gasteiger partial charge in [-0.25, -0.2) is 4.79 Å². The largest absolute Gasteiger partial charge is 0.508 e. The minimum absolute atomic E-state index is 0.155. The molecule has 2 aromatic heterocycles. The van der Waals surface area contributed by atoms with Crippen molar-refractivity contribution in [2.24, 2.45) is 0 Å². The van der Waals surface area contributed by atoms with Gasteiger partial charge in [0.15, 0.2) is 0 Å². The molecule has 2 heterocycles. The Morgan fingerprint density at radius 2 is 2.00 bits per heavy atom. The first-order valence-electron chi connectivity index (χ1n) is 6.50. The third-order valence-electron chi connectivity index (χ3n) is 2.78. The minimum atomic E-state index is -0.529. The van der Waals surface area contributed by atoms with Gasteiger partial charge in [-0.05, 0) is 36.4 Å². The molecule has 0 aliphatic rings. The third-order valence-corrected chi connectivity index (χ3v) is 2.78. The van der Waals surface area contributed by atoms with Crippen LogP contribution in [0.4, 0.5) is 17.6 Å². The van der Waals surface area contributed by atoms with E-state index in [1.54, 1.807) is 30.5 Å². The molecule has 0 bridgehead atoms. The number of H-pyrrole nitrogens is 1. The number of hydrogen-bond donors (Lipinski definition) is 4. The number of aromatic hydroxyl groups is 1. The predicted octanol–water partition coefficient (Wildman–Crippen LogP) is 1.82. The van der Waals surface area contributed by atoms with Gasteiger partial charge in [0, 0.05) is 5.69 Å². The van der Waals surface area contributed by atoms with Gasteiger partial charge in [0.1, 0.15) is 11.5 Å². The lowest BCUT2D eigenvalue weighted by Crippen LogP contribution is -2.17. The molecule has 4 N–H and O–H groups in total. The fraction of sp³-hybridized carbons (Fsp3) is 0.0714. The molecular weight excluding hydrogens is 286 g/mol. The summed E-state index contributed by atoms with van der Waals surface area (Å²) in [6, 6.07) is 9.94. The summed E-state index contributed by atoms with van der Waals surface area (Å²) < 4.78 is 5.18. The summed E-state index contributed by atoms with van der Waals surface area (Å²) in [6.45, 7) is 0.370. The number of aromatic nitrogens is 3. The molecule has 22 heavy (non-hydrogen) atoms. The Labute approximate surface area is 124 Å². The molecule has 8 heteroatoms. The van der Waals surface area contributed by atoms with E-state index in [-0.39, 0.29) is 17.6 Å². The molecule has 8 nitrogen and oxygen atoms in total. The van der Waals surface area contributed by atoms with Crippen LogP contribution in [0.15, 0.2) is 51.9 Å². The number of benzene rings is 1. The van der Waals surface area contributed by atoms with E-state index < -0.39 is 5.69 Å². The number of rotatable bonds is 5. The molecule has 3 rings (SSSR count). The van der Waals surface area contributed by atoms with Crippen molar-refractivity contribution >= 4 is 17.6 Å². The van der Waals surface area contributed by atoms with E-state index in [9.17, 15) is 9.90 Å². The molecule has 0 aliphatic heterocycles. The quantitative estimate of drug-likeness (QED) is 0.531. The standard InChI is InChI=1S/C14H13N5O3/c20-10-5-3-9(4-6-10)16-13-17-12(18-14(21)19-13)15-8-11-2-1-7-22-11/h1-7,20H,8H2,(H3,15,16,17,18,19,21). The molecule has 0 atom stereocenters. The van der Waals surface area contributed by atoms with Crippen molar-refractivity contribution in [1.82, 2.24) is 15.0 Å². The molecule has 0 unspecified atom stereocenters. The van der Waals surface area contributed by atoms with Crippen molar-refractivity contribution in [2.75, 3.05) is 10.6 Å². The molecule has 0 saturated heterocycles. The van der Waals surface area contributed by atoms with Gasteiger partial charge in [0.25, 0.3) is 0 Å². The topological polar surface area (TPSA) is 116 Å². The van der Waals surface area contributed by atoms with Gasteiger partial charge in [-0.1, -0.05) is 0 Å². The van der Waals surface area contributed by atoms with Gasteiger partial charge >= 0.3 is 5.69 Å². The van der Waals surface area contributed by atoms with E-state index in [1.165, 1.54) is 12.1 Å². The summed E-state index contributed by atoms with van der Waals surface area (Å²) in [6.07, 6.45) is 1.56. The van der Waals surface area contributed by atoms with Crippen LogP contribution in [0.25, 0.3) is 0 Å². The van der Waals surface area contributed by atoms with Gasteiger partial charge in [0.2, 0.25) is 11.9 Å². The zero-order chi connectivity index (χ0) is 15.4.